The van der Waals surface area contributed by atoms with Crippen LogP contribution in [0.15, 0.2) is 0 Å². The molecular formula is C5H12BrNO2S. The maximum Gasteiger partial charge on any atom is 0.208 e. The highest BCUT2D eigenvalue weighted by molar-refractivity contribution is 9.09. The number of sulfonamides is 1. The SMILES string of the molecule is CCC(Br)CNS(C)(=O)=O. The van der Waals surface area contributed by atoms with Gasteiger partial charge < -0.3 is 0 Å². The molecule has 1 unspecified atom stereocenters. The van der Waals surface area contributed by atoms with Gasteiger partial charge in [-0.3, -0.25) is 0 Å². The predicted octanol–water partition coefficient (Wildman–Crippen LogP) is 0.709. The summed E-state index contributed by atoms with van der Waals surface area (Å²) in [5.41, 5.74) is 0. The van der Waals surface area contributed by atoms with E-state index in [1.165, 1.54) is 0 Å². The van der Waals surface area contributed by atoms with Gasteiger partial charge in [0.05, 0.1) is 6.26 Å². The number of nitrogens with one attached hydrogen (secondary N) is 1. The molecule has 3 nitrogen and oxygen atoms in total. The Morgan fingerprint density at radius 1 is 1.60 bits per heavy atom. The van der Waals surface area contributed by atoms with Crippen LogP contribution in [-0.2, 0) is 10.0 Å². The summed E-state index contributed by atoms with van der Waals surface area (Å²) in [6.07, 6.45) is 2.07. The van der Waals surface area contributed by atoms with Crippen LogP contribution >= 0.6 is 15.9 Å². The van der Waals surface area contributed by atoms with Gasteiger partial charge in [0, 0.05) is 11.4 Å². The van der Waals surface area contributed by atoms with Crippen molar-refractivity contribution in [3.63, 3.8) is 0 Å². The lowest BCUT2D eigenvalue weighted by Gasteiger charge is -2.05. The fourth-order valence-corrected chi connectivity index (χ4v) is 1.27. The molecule has 0 amide bonds. The lowest BCUT2D eigenvalue weighted by molar-refractivity contribution is 0.586. The molecule has 0 aromatic carbocycles. The minimum atomic E-state index is -3.01. The first-order valence-corrected chi connectivity index (χ1v) is 5.85. The maximum absolute atomic E-state index is 10.5. The van der Waals surface area contributed by atoms with E-state index in [2.05, 4.69) is 20.7 Å². The lowest BCUT2D eigenvalue weighted by Crippen LogP contribution is -2.28. The van der Waals surface area contributed by atoms with Crippen LogP contribution in [0, 0.1) is 0 Å². The fourth-order valence-electron chi connectivity index (χ4n) is 0.386. The van der Waals surface area contributed by atoms with Gasteiger partial charge in [0.15, 0.2) is 0 Å². The highest BCUT2D eigenvalue weighted by Gasteiger charge is 2.04. The number of halogens is 1. The molecule has 0 spiro atoms. The summed E-state index contributed by atoms with van der Waals surface area (Å²) in [6.45, 7) is 2.46. The van der Waals surface area contributed by atoms with Crippen molar-refractivity contribution in [1.29, 1.82) is 0 Å². The molecular weight excluding hydrogens is 218 g/mol. The average Bonchev–Trinajstić information content (AvgIpc) is 1.81. The van der Waals surface area contributed by atoms with Crippen molar-refractivity contribution >= 4 is 26.0 Å². The van der Waals surface area contributed by atoms with E-state index in [-0.39, 0.29) is 4.83 Å². The van der Waals surface area contributed by atoms with Crippen LogP contribution in [0.5, 0.6) is 0 Å². The summed E-state index contributed by atoms with van der Waals surface area (Å²) in [5, 5.41) is 0. The Morgan fingerprint density at radius 3 is 2.40 bits per heavy atom. The average molecular weight is 230 g/mol. The Hall–Kier alpha value is 0.390. The van der Waals surface area contributed by atoms with Gasteiger partial charge in [0.25, 0.3) is 0 Å². The van der Waals surface area contributed by atoms with E-state index in [9.17, 15) is 8.42 Å². The van der Waals surface area contributed by atoms with Crippen molar-refractivity contribution in [2.75, 3.05) is 12.8 Å². The van der Waals surface area contributed by atoms with Crippen molar-refractivity contribution in [3.8, 4) is 0 Å². The molecule has 0 aliphatic heterocycles. The third-order valence-electron chi connectivity index (χ3n) is 1.01. The zero-order chi connectivity index (χ0) is 8.20. The summed E-state index contributed by atoms with van der Waals surface area (Å²) in [6, 6.07) is 0. The van der Waals surface area contributed by atoms with Gasteiger partial charge in [-0.1, -0.05) is 22.9 Å². The van der Waals surface area contributed by atoms with Crippen molar-refractivity contribution in [2.24, 2.45) is 0 Å². The van der Waals surface area contributed by atoms with E-state index in [0.717, 1.165) is 12.7 Å². The molecule has 0 aromatic heterocycles. The van der Waals surface area contributed by atoms with Gasteiger partial charge in [0.2, 0.25) is 10.0 Å². The highest BCUT2D eigenvalue weighted by Crippen LogP contribution is 2.01. The summed E-state index contributed by atoms with van der Waals surface area (Å²) >= 11 is 3.30. The maximum atomic E-state index is 10.5. The van der Waals surface area contributed by atoms with Gasteiger partial charge in [0.1, 0.15) is 0 Å². The van der Waals surface area contributed by atoms with Crippen LogP contribution in [0.25, 0.3) is 0 Å². The van der Waals surface area contributed by atoms with Crippen molar-refractivity contribution in [3.05, 3.63) is 0 Å². The standard InChI is InChI=1S/C5H12BrNO2S/c1-3-5(6)4-7-10(2,8)9/h5,7H,3-4H2,1-2H3. The largest absolute Gasteiger partial charge is 0.214 e. The van der Waals surface area contributed by atoms with Crippen LogP contribution in [0.2, 0.25) is 0 Å². The molecule has 10 heavy (non-hydrogen) atoms. The summed E-state index contributed by atoms with van der Waals surface area (Å²) in [4.78, 5) is 0.238. The minimum absolute atomic E-state index is 0.238. The minimum Gasteiger partial charge on any atom is -0.214 e. The monoisotopic (exact) mass is 229 g/mol. The Morgan fingerprint density at radius 2 is 2.10 bits per heavy atom. The molecule has 0 heterocycles. The molecule has 0 aromatic rings. The van der Waals surface area contributed by atoms with Gasteiger partial charge in [-0.15, -0.1) is 0 Å². The second-order valence-electron chi connectivity index (χ2n) is 2.13. The molecule has 0 aliphatic carbocycles. The highest BCUT2D eigenvalue weighted by atomic mass is 79.9. The van der Waals surface area contributed by atoms with Gasteiger partial charge in [-0.05, 0) is 6.42 Å². The van der Waals surface area contributed by atoms with Crippen LogP contribution < -0.4 is 4.72 Å². The number of hydrogen-bond acceptors (Lipinski definition) is 2. The van der Waals surface area contributed by atoms with Gasteiger partial charge in [-0.25, -0.2) is 13.1 Å². The van der Waals surface area contributed by atoms with Gasteiger partial charge >= 0.3 is 0 Å². The molecule has 62 valence electrons. The molecule has 1 atom stereocenters. The van der Waals surface area contributed by atoms with Crippen LogP contribution in [-0.4, -0.2) is 26.0 Å². The van der Waals surface area contributed by atoms with E-state index in [4.69, 9.17) is 0 Å². The summed E-state index contributed by atoms with van der Waals surface area (Å²) in [7, 11) is -3.01. The zero-order valence-electron chi connectivity index (χ0n) is 6.09. The quantitative estimate of drug-likeness (QED) is 0.723. The number of rotatable bonds is 4. The molecule has 0 bridgehead atoms. The normalized spacial score (nSPS) is 15.1. The molecule has 1 N–H and O–H groups in total. The molecule has 0 radical (unpaired) electrons. The predicted molar refractivity (Wildman–Crippen MR) is 45.9 cm³/mol. The van der Waals surface area contributed by atoms with Crippen molar-refractivity contribution < 1.29 is 8.42 Å². The third-order valence-corrected chi connectivity index (χ3v) is 2.67. The van der Waals surface area contributed by atoms with E-state index < -0.39 is 10.0 Å². The van der Waals surface area contributed by atoms with E-state index in [1.54, 1.807) is 0 Å². The van der Waals surface area contributed by atoms with Crippen molar-refractivity contribution in [1.82, 2.24) is 4.72 Å². The summed E-state index contributed by atoms with van der Waals surface area (Å²) in [5.74, 6) is 0. The van der Waals surface area contributed by atoms with Crippen LogP contribution in [0.4, 0.5) is 0 Å². The second-order valence-corrected chi connectivity index (χ2v) is 5.25. The van der Waals surface area contributed by atoms with Crippen molar-refractivity contribution in [2.45, 2.75) is 18.2 Å². The number of alkyl halides is 1. The van der Waals surface area contributed by atoms with Crippen LogP contribution in [0.1, 0.15) is 13.3 Å². The molecule has 0 fully saturated rings. The number of hydrogen-bond donors (Lipinski definition) is 1. The first-order valence-electron chi connectivity index (χ1n) is 3.04. The second kappa shape index (κ2) is 4.31. The topological polar surface area (TPSA) is 46.2 Å². The zero-order valence-corrected chi connectivity index (χ0v) is 8.50. The molecule has 0 saturated heterocycles. The molecule has 5 heteroatoms. The first kappa shape index (κ1) is 10.4. The Bertz CT molecular complexity index is 178. The Labute approximate surface area is 70.4 Å². The van der Waals surface area contributed by atoms with E-state index in [0.29, 0.717) is 6.54 Å². The van der Waals surface area contributed by atoms with Crippen LogP contribution in [0.3, 0.4) is 0 Å². The Kier molecular flexibility index (Phi) is 4.47. The molecule has 0 aliphatic rings. The third kappa shape index (κ3) is 6.51. The molecule has 0 rings (SSSR count). The fraction of sp³-hybridized carbons (Fsp3) is 1.00. The lowest BCUT2D eigenvalue weighted by atomic mass is 10.3. The smallest absolute Gasteiger partial charge is 0.208 e. The first-order chi connectivity index (χ1) is 4.45. The Balaban J connectivity index is 3.56. The van der Waals surface area contributed by atoms with E-state index in [1.807, 2.05) is 6.92 Å². The van der Waals surface area contributed by atoms with E-state index >= 15 is 0 Å². The summed E-state index contributed by atoms with van der Waals surface area (Å²) < 4.78 is 23.4. The molecule has 0 saturated carbocycles. The van der Waals surface area contributed by atoms with Gasteiger partial charge in [-0.2, -0.15) is 0 Å².